The number of para-hydroxylation sites is 1. The third kappa shape index (κ3) is 4.51. The van der Waals surface area contributed by atoms with Crippen LogP contribution in [0.5, 0.6) is 0 Å². The molecule has 0 saturated carbocycles. The van der Waals surface area contributed by atoms with Crippen molar-refractivity contribution in [2.24, 2.45) is 0 Å². The van der Waals surface area contributed by atoms with E-state index in [0.29, 0.717) is 28.5 Å². The third-order valence-electron chi connectivity index (χ3n) is 4.31. The van der Waals surface area contributed by atoms with Crippen molar-refractivity contribution in [3.8, 4) is 0 Å². The molecule has 0 saturated heterocycles. The molecule has 1 amide bonds. The van der Waals surface area contributed by atoms with E-state index in [-0.39, 0.29) is 17.2 Å². The predicted octanol–water partition coefficient (Wildman–Crippen LogP) is 4.44. The van der Waals surface area contributed by atoms with Crippen LogP contribution in [-0.2, 0) is 11.3 Å². The monoisotopic (exact) mass is 393 g/mol. The maximum Gasteiger partial charge on any atom is 0.262 e. The number of hydrogen-bond donors (Lipinski definition) is 1. The van der Waals surface area contributed by atoms with Gasteiger partial charge in [-0.3, -0.25) is 14.2 Å². The summed E-state index contributed by atoms with van der Waals surface area (Å²) in [5.74, 6) is 0.410. The molecule has 144 valence electrons. The summed E-state index contributed by atoms with van der Waals surface area (Å²) in [7, 11) is 0. The highest BCUT2D eigenvalue weighted by Gasteiger charge is 2.13. The molecule has 2 aromatic carbocycles. The van der Waals surface area contributed by atoms with Crippen LogP contribution in [0.4, 0.5) is 5.69 Å². The number of aromatic nitrogens is 2. The number of benzene rings is 2. The van der Waals surface area contributed by atoms with Crippen LogP contribution in [0.15, 0.2) is 71.1 Å². The van der Waals surface area contributed by atoms with Crippen molar-refractivity contribution in [2.45, 2.75) is 31.5 Å². The second-order valence-corrected chi connectivity index (χ2v) is 7.68. The molecule has 1 N–H and O–H groups in total. The van der Waals surface area contributed by atoms with Crippen LogP contribution >= 0.6 is 11.8 Å². The van der Waals surface area contributed by atoms with Gasteiger partial charge in [-0.25, -0.2) is 4.98 Å². The van der Waals surface area contributed by atoms with E-state index in [2.05, 4.69) is 30.7 Å². The molecule has 0 radical (unpaired) electrons. The highest BCUT2D eigenvalue weighted by atomic mass is 32.2. The molecule has 0 atom stereocenters. The Labute approximate surface area is 168 Å². The van der Waals surface area contributed by atoms with Crippen LogP contribution in [0.2, 0.25) is 0 Å². The van der Waals surface area contributed by atoms with Crippen LogP contribution in [-0.4, -0.2) is 21.2 Å². The second-order valence-electron chi connectivity index (χ2n) is 6.73. The number of thioether (sulfide) groups is 1. The number of rotatable bonds is 7. The summed E-state index contributed by atoms with van der Waals surface area (Å²) in [6.45, 7) is 8.28. The molecule has 0 aliphatic rings. The number of amides is 1. The largest absolute Gasteiger partial charge is 0.325 e. The SMILES string of the molecule is C=CCn1c(SCC(=O)Nc2cccc(C(C)C)c2)nc2ccccc2c1=O. The van der Waals surface area contributed by atoms with Gasteiger partial charge in [-0.05, 0) is 35.7 Å². The first kappa shape index (κ1) is 19.9. The summed E-state index contributed by atoms with van der Waals surface area (Å²) >= 11 is 1.25. The smallest absolute Gasteiger partial charge is 0.262 e. The molecule has 1 heterocycles. The Morgan fingerprint density at radius 1 is 1.25 bits per heavy atom. The molecule has 0 spiro atoms. The normalized spacial score (nSPS) is 11.0. The topological polar surface area (TPSA) is 64.0 Å². The van der Waals surface area contributed by atoms with Gasteiger partial charge in [0, 0.05) is 12.2 Å². The molecular formula is C22H23N3O2S. The molecular weight excluding hydrogens is 370 g/mol. The van der Waals surface area contributed by atoms with E-state index < -0.39 is 0 Å². The number of nitrogens with one attached hydrogen (secondary N) is 1. The molecule has 28 heavy (non-hydrogen) atoms. The van der Waals surface area contributed by atoms with Crippen molar-refractivity contribution in [3.63, 3.8) is 0 Å². The third-order valence-corrected chi connectivity index (χ3v) is 5.28. The molecule has 0 bridgehead atoms. The van der Waals surface area contributed by atoms with Gasteiger partial charge in [-0.2, -0.15) is 0 Å². The number of anilines is 1. The first-order chi connectivity index (χ1) is 13.5. The summed E-state index contributed by atoms with van der Waals surface area (Å²) in [5.41, 5.74) is 2.44. The fourth-order valence-electron chi connectivity index (χ4n) is 2.85. The van der Waals surface area contributed by atoms with Gasteiger partial charge in [-0.1, -0.05) is 56.0 Å². The van der Waals surface area contributed by atoms with E-state index in [4.69, 9.17) is 0 Å². The van der Waals surface area contributed by atoms with Crippen molar-refractivity contribution in [3.05, 3.63) is 77.1 Å². The van der Waals surface area contributed by atoms with Crippen LogP contribution in [0, 0.1) is 0 Å². The highest BCUT2D eigenvalue weighted by Crippen LogP contribution is 2.20. The fraction of sp³-hybridized carbons (Fsp3) is 0.227. The Kier molecular flexibility index (Phi) is 6.31. The lowest BCUT2D eigenvalue weighted by atomic mass is 10.0. The number of allylic oxidation sites excluding steroid dienone is 1. The summed E-state index contributed by atoms with van der Waals surface area (Å²) in [5, 5.41) is 3.98. The summed E-state index contributed by atoms with van der Waals surface area (Å²) in [6.07, 6.45) is 1.65. The lowest BCUT2D eigenvalue weighted by Crippen LogP contribution is -2.23. The highest BCUT2D eigenvalue weighted by molar-refractivity contribution is 7.99. The quantitative estimate of drug-likeness (QED) is 0.366. The van der Waals surface area contributed by atoms with Gasteiger partial charge in [0.2, 0.25) is 5.91 Å². The number of fused-ring (bicyclic) bond motifs is 1. The first-order valence-corrected chi connectivity index (χ1v) is 10.1. The first-order valence-electron chi connectivity index (χ1n) is 9.12. The maximum absolute atomic E-state index is 12.7. The fourth-order valence-corrected chi connectivity index (χ4v) is 3.66. The van der Waals surface area contributed by atoms with Crippen LogP contribution < -0.4 is 10.9 Å². The molecule has 3 rings (SSSR count). The lowest BCUT2D eigenvalue weighted by molar-refractivity contribution is -0.113. The Morgan fingerprint density at radius 2 is 2.04 bits per heavy atom. The van der Waals surface area contributed by atoms with Crippen molar-refractivity contribution in [1.29, 1.82) is 0 Å². The summed E-state index contributed by atoms with van der Waals surface area (Å²) in [4.78, 5) is 29.7. The van der Waals surface area contributed by atoms with E-state index in [1.807, 2.05) is 36.4 Å². The van der Waals surface area contributed by atoms with Crippen LogP contribution in [0.25, 0.3) is 10.9 Å². The van der Waals surface area contributed by atoms with E-state index in [9.17, 15) is 9.59 Å². The van der Waals surface area contributed by atoms with E-state index in [1.165, 1.54) is 17.3 Å². The minimum Gasteiger partial charge on any atom is -0.325 e. The van der Waals surface area contributed by atoms with E-state index in [0.717, 1.165) is 5.69 Å². The number of carbonyl (C=O) groups excluding carboxylic acids is 1. The lowest BCUT2D eigenvalue weighted by Gasteiger charge is -2.12. The number of carbonyl (C=O) groups is 1. The van der Waals surface area contributed by atoms with Gasteiger partial charge < -0.3 is 5.32 Å². The van der Waals surface area contributed by atoms with Crippen molar-refractivity contribution >= 4 is 34.3 Å². The van der Waals surface area contributed by atoms with E-state index >= 15 is 0 Å². The molecule has 0 unspecified atom stereocenters. The summed E-state index contributed by atoms with van der Waals surface area (Å²) in [6, 6.07) is 15.0. The van der Waals surface area contributed by atoms with Crippen LogP contribution in [0.3, 0.4) is 0 Å². The molecule has 0 aliphatic heterocycles. The molecule has 6 heteroatoms. The average Bonchev–Trinajstić information content (AvgIpc) is 2.69. The Balaban J connectivity index is 1.78. The van der Waals surface area contributed by atoms with Gasteiger partial charge in [0.1, 0.15) is 0 Å². The maximum atomic E-state index is 12.7. The van der Waals surface area contributed by atoms with Gasteiger partial charge >= 0.3 is 0 Å². The summed E-state index contributed by atoms with van der Waals surface area (Å²) < 4.78 is 1.55. The standard InChI is InChI=1S/C22H23N3O2S/c1-4-12-25-21(27)18-10-5-6-11-19(18)24-22(25)28-14-20(26)23-17-9-7-8-16(13-17)15(2)3/h4-11,13,15H,1,12,14H2,2-3H3,(H,23,26). The Morgan fingerprint density at radius 3 is 2.79 bits per heavy atom. The molecule has 3 aromatic rings. The van der Waals surface area contributed by atoms with Crippen LogP contribution in [0.1, 0.15) is 25.3 Å². The zero-order valence-corrected chi connectivity index (χ0v) is 16.8. The Hall–Kier alpha value is -2.86. The van der Waals surface area contributed by atoms with Gasteiger partial charge in [0.25, 0.3) is 5.56 Å². The zero-order valence-electron chi connectivity index (χ0n) is 16.0. The molecule has 1 aromatic heterocycles. The number of hydrogen-bond acceptors (Lipinski definition) is 4. The Bertz CT molecular complexity index is 1070. The average molecular weight is 394 g/mol. The predicted molar refractivity (Wildman–Crippen MR) is 116 cm³/mol. The van der Waals surface area contributed by atoms with Gasteiger partial charge in [0.15, 0.2) is 5.16 Å². The number of nitrogens with zero attached hydrogens (tertiary/aromatic N) is 2. The second kappa shape index (κ2) is 8.89. The minimum atomic E-state index is -0.140. The van der Waals surface area contributed by atoms with Crippen molar-refractivity contribution in [1.82, 2.24) is 9.55 Å². The van der Waals surface area contributed by atoms with Crippen molar-refractivity contribution in [2.75, 3.05) is 11.1 Å². The van der Waals surface area contributed by atoms with Gasteiger partial charge in [0.05, 0.1) is 16.7 Å². The molecule has 0 fully saturated rings. The van der Waals surface area contributed by atoms with Crippen molar-refractivity contribution < 1.29 is 4.79 Å². The van der Waals surface area contributed by atoms with E-state index in [1.54, 1.807) is 22.8 Å². The zero-order chi connectivity index (χ0) is 20.1. The minimum absolute atomic E-state index is 0.127. The molecule has 5 nitrogen and oxygen atoms in total. The van der Waals surface area contributed by atoms with Gasteiger partial charge in [-0.15, -0.1) is 6.58 Å². The molecule has 0 aliphatic carbocycles.